The molecule has 0 aromatic heterocycles. The van der Waals surface area contributed by atoms with Gasteiger partial charge in [0.25, 0.3) is 0 Å². The molecule has 88 valence electrons. The fourth-order valence-corrected chi connectivity index (χ4v) is 2.39. The number of hydrogen-bond acceptors (Lipinski definition) is 2. The largest absolute Gasteiger partial charge is 0.370 e. The summed E-state index contributed by atoms with van der Waals surface area (Å²) in [5.74, 6) is 0. The molecule has 1 fully saturated rings. The molecule has 2 N–H and O–H groups in total. The number of benzene rings is 1. The van der Waals surface area contributed by atoms with Crippen LogP contribution in [-0.4, -0.2) is 19.1 Å². The molecular weight excluding hydrogens is 196 g/mol. The second kappa shape index (κ2) is 4.10. The summed E-state index contributed by atoms with van der Waals surface area (Å²) < 4.78 is 0. The van der Waals surface area contributed by atoms with Crippen molar-refractivity contribution in [1.29, 1.82) is 0 Å². The van der Waals surface area contributed by atoms with E-state index < -0.39 is 0 Å². The summed E-state index contributed by atoms with van der Waals surface area (Å²) in [7, 11) is 0. The highest BCUT2D eigenvalue weighted by molar-refractivity contribution is 5.57. The summed E-state index contributed by atoms with van der Waals surface area (Å²) in [6.45, 7) is 8.88. The van der Waals surface area contributed by atoms with Gasteiger partial charge < -0.3 is 10.6 Å². The first-order valence-corrected chi connectivity index (χ1v) is 6.08. The average molecular weight is 218 g/mol. The minimum Gasteiger partial charge on any atom is -0.370 e. The maximum Gasteiger partial charge on any atom is 0.0404 e. The zero-order valence-electron chi connectivity index (χ0n) is 10.5. The third-order valence-corrected chi connectivity index (χ3v) is 3.28. The average Bonchev–Trinajstić information content (AvgIpc) is 2.64. The van der Waals surface area contributed by atoms with E-state index in [1.54, 1.807) is 0 Å². The number of anilines is 1. The van der Waals surface area contributed by atoms with E-state index in [-0.39, 0.29) is 5.41 Å². The molecule has 0 unspecified atom stereocenters. The Morgan fingerprint density at radius 1 is 1.25 bits per heavy atom. The molecule has 1 aliphatic rings. The van der Waals surface area contributed by atoms with Crippen molar-refractivity contribution < 1.29 is 0 Å². The smallest absolute Gasteiger partial charge is 0.0404 e. The van der Waals surface area contributed by atoms with E-state index in [0.717, 1.165) is 19.5 Å². The van der Waals surface area contributed by atoms with Crippen LogP contribution in [0.1, 0.15) is 32.8 Å². The minimum atomic E-state index is 0.198. The van der Waals surface area contributed by atoms with E-state index >= 15 is 0 Å². The van der Waals surface area contributed by atoms with Crippen molar-refractivity contribution in [3.63, 3.8) is 0 Å². The highest BCUT2D eigenvalue weighted by atomic mass is 15.2. The Morgan fingerprint density at radius 2 is 1.94 bits per heavy atom. The monoisotopic (exact) mass is 218 g/mol. The van der Waals surface area contributed by atoms with Crippen molar-refractivity contribution in [1.82, 2.24) is 0 Å². The van der Waals surface area contributed by atoms with Crippen LogP contribution in [0.15, 0.2) is 24.3 Å². The summed E-state index contributed by atoms with van der Waals surface area (Å²) in [6, 6.07) is 9.04. The van der Waals surface area contributed by atoms with Crippen LogP contribution in [0.5, 0.6) is 0 Å². The number of hydrogen-bond donors (Lipinski definition) is 1. The third kappa shape index (κ3) is 2.22. The van der Waals surface area contributed by atoms with Gasteiger partial charge in [-0.3, -0.25) is 0 Å². The maximum absolute atomic E-state index is 5.98. The lowest BCUT2D eigenvalue weighted by molar-refractivity contribution is 0.588. The Kier molecular flexibility index (Phi) is 2.94. The lowest BCUT2D eigenvalue weighted by Crippen LogP contribution is -2.28. The summed E-state index contributed by atoms with van der Waals surface area (Å²) >= 11 is 0. The molecular formula is C14H22N2. The fraction of sp³-hybridized carbons (Fsp3) is 0.571. The molecule has 2 nitrogen and oxygen atoms in total. The van der Waals surface area contributed by atoms with Gasteiger partial charge in [0.15, 0.2) is 0 Å². The zero-order valence-corrected chi connectivity index (χ0v) is 10.5. The van der Waals surface area contributed by atoms with Crippen molar-refractivity contribution in [2.75, 3.05) is 18.0 Å². The van der Waals surface area contributed by atoms with Crippen LogP contribution in [0, 0.1) is 0 Å². The zero-order chi connectivity index (χ0) is 11.8. The van der Waals surface area contributed by atoms with Crippen LogP contribution in [0.4, 0.5) is 5.69 Å². The molecule has 0 amide bonds. The van der Waals surface area contributed by atoms with Crippen molar-refractivity contribution in [3.05, 3.63) is 29.8 Å². The van der Waals surface area contributed by atoms with E-state index in [9.17, 15) is 0 Å². The van der Waals surface area contributed by atoms with E-state index in [4.69, 9.17) is 5.73 Å². The van der Waals surface area contributed by atoms with Gasteiger partial charge >= 0.3 is 0 Å². The van der Waals surface area contributed by atoms with Gasteiger partial charge in [-0.25, -0.2) is 0 Å². The second-order valence-corrected chi connectivity index (χ2v) is 5.76. The molecule has 2 heteroatoms. The lowest BCUT2D eigenvalue weighted by Gasteiger charge is -2.28. The predicted octanol–water partition coefficient (Wildman–Crippen LogP) is 2.52. The highest BCUT2D eigenvalue weighted by Crippen LogP contribution is 2.33. The molecule has 2 rings (SSSR count). The molecule has 0 saturated carbocycles. The van der Waals surface area contributed by atoms with Crippen molar-refractivity contribution >= 4 is 5.69 Å². The molecule has 0 spiro atoms. The molecule has 1 aromatic rings. The third-order valence-electron chi connectivity index (χ3n) is 3.28. The Balaban J connectivity index is 2.34. The van der Waals surface area contributed by atoms with Crippen LogP contribution < -0.4 is 10.6 Å². The Bertz CT molecular complexity index is 365. The molecule has 1 aliphatic heterocycles. The minimum absolute atomic E-state index is 0.198. The van der Waals surface area contributed by atoms with Gasteiger partial charge in [0.1, 0.15) is 0 Å². The van der Waals surface area contributed by atoms with Gasteiger partial charge in [0.2, 0.25) is 0 Å². The first-order valence-electron chi connectivity index (χ1n) is 6.08. The summed E-state index contributed by atoms with van der Waals surface area (Å²) in [5.41, 5.74) is 8.96. The Morgan fingerprint density at radius 3 is 2.50 bits per heavy atom. The van der Waals surface area contributed by atoms with Gasteiger partial charge in [0, 0.05) is 24.8 Å². The molecule has 0 bridgehead atoms. The lowest BCUT2D eigenvalue weighted by atomic mass is 9.85. The van der Waals surface area contributed by atoms with Crippen molar-refractivity contribution in [2.45, 2.75) is 38.6 Å². The number of nitrogens with two attached hydrogens (primary N) is 1. The molecule has 16 heavy (non-hydrogen) atoms. The molecule has 1 aromatic carbocycles. The SMILES string of the molecule is CC(C)(C)c1ccccc1N1CC[C@H](N)C1. The molecule has 1 saturated heterocycles. The quantitative estimate of drug-likeness (QED) is 0.785. The summed E-state index contributed by atoms with van der Waals surface area (Å²) in [5, 5.41) is 0. The first kappa shape index (κ1) is 11.5. The molecule has 1 atom stereocenters. The van der Waals surface area contributed by atoms with Crippen molar-refractivity contribution in [2.24, 2.45) is 5.73 Å². The van der Waals surface area contributed by atoms with Crippen LogP contribution in [0.25, 0.3) is 0 Å². The Hall–Kier alpha value is -1.02. The second-order valence-electron chi connectivity index (χ2n) is 5.76. The predicted molar refractivity (Wildman–Crippen MR) is 69.9 cm³/mol. The highest BCUT2D eigenvalue weighted by Gasteiger charge is 2.25. The Labute approximate surface area is 98.4 Å². The summed E-state index contributed by atoms with van der Waals surface area (Å²) in [6.07, 6.45) is 1.11. The van der Waals surface area contributed by atoms with Crippen LogP contribution in [-0.2, 0) is 5.41 Å². The normalized spacial score (nSPS) is 21.5. The van der Waals surface area contributed by atoms with Crippen LogP contribution >= 0.6 is 0 Å². The van der Waals surface area contributed by atoms with E-state index in [1.165, 1.54) is 11.3 Å². The number of para-hydroxylation sites is 1. The molecule has 0 radical (unpaired) electrons. The van der Waals surface area contributed by atoms with E-state index in [0.29, 0.717) is 6.04 Å². The first-order chi connectivity index (χ1) is 7.48. The van der Waals surface area contributed by atoms with Gasteiger partial charge in [-0.2, -0.15) is 0 Å². The van der Waals surface area contributed by atoms with Gasteiger partial charge in [-0.1, -0.05) is 39.0 Å². The van der Waals surface area contributed by atoms with Gasteiger partial charge in [0.05, 0.1) is 0 Å². The van der Waals surface area contributed by atoms with Crippen LogP contribution in [0.3, 0.4) is 0 Å². The van der Waals surface area contributed by atoms with Gasteiger partial charge in [-0.15, -0.1) is 0 Å². The molecule has 1 heterocycles. The number of rotatable bonds is 1. The number of nitrogens with zero attached hydrogens (tertiary/aromatic N) is 1. The van der Waals surface area contributed by atoms with E-state index in [1.807, 2.05) is 0 Å². The maximum atomic E-state index is 5.98. The van der Waals surface area contributed by atoms with Crippen LogP contribution in [0.2, 0.25) is 0 Å². The van der Waals surface area contributed by atoms with Gasteiger partial charge in [-0.05, 0) is 23.5 Å². The summed E-state index contributed by atoms with van der Waals surface area (Å²) in [4.78, 5) is 2.42. The topological polar surface area (TPSA) is 29.3 Å². The van der Waals surface area contributed by atoms with E-state index in [2.05, 4.69) is 49.9 Å². The van der Waals surface area contributed by atoms with Crippen molar-refractivity contribution in [3.8, 4) is 0 Å². The fourth-order valence-electron chi connectivity index (χ4n) is 2.39. The molecule has 0 aliphatic carbocycles. The standard InChI is InChI=1S/C14H22N2/c1-14(2,3)12-6-4-5-7-13(12)16-9-8-11(15)10-16/h4-7,11H,8-10,15H2,1-3H3/t11-/m0/s1.